The van der Waals surface area contributed by atoms with Crippen molar-refractivity contribution in [2.45, 2.75) is 4.90 Å². The third kappa shape index (κ3) is 9.75. The molecule has 0 aliphatic carbocycles. The molecule has 0 spiro atoms. The zero-order chi connectivity index (χ0) is 16.8. The van der Waals surface area contributed by atoms with E-state index in [2.05, 4.69) is 25.8 Å². The average molecular weight is 397 g/mol. The minimum Gasteiger partial charge on any atom is -0.399 e. The van der Waals surface area contributed by atoms with Crippen LogP contribution in [0.2, 0.25) is 5.02 Å². The molecule has 0 aliphatic heterocycles. The quantitative estimate of drug-likeness (QED) is 0.362. The number of sulfonamides is 1. The highest BCUT2D eigenvalue weighted by atomic mass is 36.0. The molecule has 12 heteroatoms. The molecule has 0 heterocycles. The fourth-order valence-corrected chi connectivity index (χ4v) is 2.39. The number of nitrogens with two attached hydrogens (primary N) is 1. The maximum absolute atomic E-state index is 11.7. The zero-order valence-electron chi connectivity index (χ0n) is 10.9. The fraction of sp³-hybridized carbons (Fsp3) is 0.222. The van der Waals surface area contributed by atoms with Gasteiger partial charge in [-0.2, -0.15) is 16.8 Å². The van der Waals surface area contributed by atoms with Gasteiger partial charge in [-0.25, -0.2) is 0 Å². The summed E-state index contributed by atoms with van der Waals surface area (Å²) in [6.07, 6.45) is 1.20. The first kappa shape index (κ1) is 20.3. The lowest BCUT2D eigenvalue weighted by atomic mass is 10.3. The minimum absolute atomic E-state index is 0.0542. The molecule has 0 radical (unpaired) electrons. The normalized spacial score (nSPS) is 11.9. The molecule has 0 aromatic heterocycles. The number of halogens is 3. The highest BCUT2D eigenvalue weighted by Gasteiger charge is 2.16. The maximum atomic E-state index is 11.7. The molecule has 0 amide bonds. The Labute approximate surface area is 137 Å². The van der Waals surface area contributed by atoms with Crippen molar-refractivity contribution in [3.63, 3.8) is 0 Å². The molecule has 1 aromatic carbocycles. The Bertz CT molecular complexity index is 710. The molecule has 0 bridgehead atoms. The van der Waals surface area contributed by atoms with E-state index in [0.29, 0.717) is 5.69 Å². The summed E-state index contributed by atoms with van der Waals surface area (Å²) in [7, 11) is 4.39. The molecule has 0 fully saturated rings. The average Bonchev–Trinajstić information content (AvgIpc) is 2.23. The molecular formula is C9H12Cl3N3O4S2. The van der Waals surface area contributed by atoms with Crippen LogP contribution < -0.4 is 5.73 Å². The third-order valence-corrected chi connectivity index (χ3v) is 3.36. The van der Waals surface area contributed by atoms with Crippen molar-refractivity contribution in [2.24, 2.45) is 4.40 Å². The second-order valence-electron chi connectivity index (χ2n) is 3.73. The van der Waals surface area contributed by atoms with E-state index in [1.807, 2.05) is 0 Å². The van der Waals surface area contributed by atoms with Crippen molar-refractivity contribution in [3.8, 4) is 0 Å². The molecular weight excluding hydrogens is 385 g/mol. The van der Waals surface area contributed by atoms with Crippen LogP contribution in [0.25, 0.3) is 0 Å². The third-order valence-electron chi connectivity index (χ3n) is 1.65. The number of rotatable bonds is 3. The number of hydrogen-bond donors (Lipinski definition) is 1. The predicted octanol–water partition coefficient (Wildman–Crippen LogP) is 1.91. The summed E-state index contributed by atoms with van der Waals surface area (Å²) in [5, 5.41) is 0.0657. The molecule has 0 atom stereocenters. The van der Waals surface area contributed by atoms with Gasteiger partial charge in [0.25, 0.3) is 10.0 Å². The molecule has 1 aromatic rings. The van der Waals surface area contributed by atoms with Crippen LogP contribution in [0.3, 0.4) is 0 Å². The van der Waals surface area contributed by atoms with Crippen LogP contribution in [-0.4, -0.2) is 42.2 Å². The van der Waals surface area contributed by atoms with E-state index in [4.69, 9.17) is 25.8 Å². The first-order chi connectivity index (χ1) is 9.33. The van der Waals surface area contributed by atoms with E-state index in [0.717, 1.165) is 0 Å². The second-order valence-corrected chi connectivity index (χ2v) is 9.40. The highest BCUT2D eigenvalue weighted by molar-refractivity contribution is 8.31. The number of anilines is 1. The van der Waals surface area contributed by atoms with Gasteiger partial charge in [0.1, 0.15) is 11.2 Å². The lowest BCUT2D eigenvalue weighted by molar-refractivity contribution is 0.595. The SMILES string of the molecule is CN(C)C=NS(=O)(=O)c1ccc(N)cc1Cl.O=S(=O)(Cl)Cl. The Kier molecular flexibility index (Phi) is 7.76. The van der Waals surface area contributed by atoms with Gasteiger partial charge in [0.15, 0.2) is 0 Å². The number of nitrogens with zero attached hydrogens (tertiary/aromatic N) is 2. The van der Waals surface area contributed by atoms with Crippen molar-refractivity contribution < 1.29 is 16.8 Å². The van der Waals surface area contributed by atoms with Crippen LogP contribution in [0.5, 0.6) is 0 Å². The van der Waals surface area contributed by atoms with Crippen molar-refractivity contribution in [3.05, 3.63) is 23.2 Å². The molecule has 1 rings (SSSR count). The summed E-state index contributed by atoms with van der Waals surface area (Å²) in [5.74, 6) is 0. The zero-order valence-corrected chi connectivity index (χ0v) is 14.8. The van der Waals surface area contributed by atoms with E-state index < -0.39 is 18.3 Å². The molecule has 7 nitrogen and oxygen atoms in total. The van der Waals surface area contributed by atoms with Crippen molar-refractivity contribution in [1.29, 1.82) is 0 Å². The Hall–Kier alpha value is -0.740. The highest BCUT2D eigenvalue weighted by Crippen LogP contribution is 2.24. The van der Waals surface area contributed by atoms with Gasteiger partial charge in [0.05, 0.1) is 5.02 Å². The van der Waals surface area contributed by atoms with Crippen LogP contribution in [0.15, 0.2) is 27.5 Å². The molecule has 2 N–H and O–H groups in total. The second kappa shape index (κ2) is 8.04. The molecule has 0 unspecified atom stereocenters. The van der Waals surface area contributed by atoms with E-state index in [-0.39, 0.29) is 9.92 Å². The topological polar surface area (TPSA) is 110 Å². The van der Waals surface area contributed by atoms with Crippen LogP contribution in [0, 0.1) is 0 Å². The monoisotopic (exact) mass is 395 g/mol. The lowest BCUT2D eigenvalue weighted by Gasteiger charge is -2.05. The van der Waals surface area contributed by atoms with Crippen LogP contribution in [0.1, 0.15) is 0 Å². The summed E-state index contributed by atoms with van der Waals surface area (Å²) in [4.78, 5) is 1.46. The van der Waals surface area contributed by atoms with E-state index in [1.54, 1.807) is 14.1 Å². The van der Waals surface area contributed by atoms with Gasteiger partial charge in [-0.05, 0) is 18.2 Å². The van der Waals surface area contributed by atoms with Gasteiger partial charge in [-0.15, -0.1) is 4.40 Å². The summed E-state index contributed by atoms with van der Waals surface area (Å²) in [6, 6.07) is 4.17. The predicted molar refractivity (Wildman–Crippen MR) is 85.9 cm³/mol. The van der Waals surface area contributed by atoms with Gasteiger partial charge in [-0.3, -0.25) is 0 Å². The largest absolute Gasteiger partial charge is 0.399 e. The molecule has 0 aliphatic rings. The van der Waals surface area contributed by atoms with E-state index >= 15 is 0 Å². The van der Waals surface area contributed by atoms with Gasteiger partial charge in [0.2, 0.25) is 0 Å². The van der Waals surface area contributed by atoms with Crippen molar-refractivity contribution >= 4 is 63.3 Å². The standard InChI is InChI=1S/C9H12ClN3O2S.Cl2O2S/c1-13(2)6-12-16(14,15)9-4-3-7(11)5-8(9)10;1-5(2,3)4/h3-6H,11H2,1-2H3;. The Morgan fingerprint density at radius 2 is 1.67 bits per heavy atom. The van der Waals surface area contributed by atoms with Gasteiger partial charge < -0.3 is 10.6 Å². The first-order valence-electron chi connectivity index (χ1n) is 4.99. The van der Waals surface area contributed by atoms with E-state index in [9.17, 15) is 8.42 Å². The van der Waals surface area contributed by atoms with Crippen molar-refractivity contribution in [2.75, 3.05) is 19.8 Å². The van der Waals surface area contributed by atoms with Gasteiger partial charge in [-0.1, -0.05) is 11.6 Å². The van der Waals surface area contributed by atoms with Crippen LogP contribution in [-0.2, 0) is 18.3 Å². The summed E-state index contributed by atoms with van der Waals surface area (Å²) < 4.78 is 45.2. The summed E-state index contributed by atoms with van der Waals surface area (Å²) in [5.41, 5.74) is 5.87. The van der Waals surface area contributed by atoms with Gasteiger partial charge >= 0.3 is 8.26 Å². The van der Waals surface area contributed by atoms with Crippen LogP contribution in [0.4, 0.5) is 5.69 Å². The Morgan fingerprint density at radius 3 is 2.05 bits per heavy atom. The van der Waals surface area contributed by atoms with E-state index in [1.165, 1.54) is 29.4 Å². The molecule has 0 saturated carbocycles. The maximum Gasteiger partial charge on any atom is 0.317 e. The lowest BCUT2D eigenvalue weighted by Crippen LogP contribution is -2.10. The summed E-state index contributed by atoms with van der Waals surface area (Å²) in [6.45, 7) is 0. The summed E-state index contributed by atoms with van der Waals surface area (Å²) >= 11 is 5.78. The Balaban J connectivity index is 0.000000690. The van der Waals surface area contributed by atoms with Crippen molar-refractivity contribution in [1.82, 2.24) is 4.90 Å². The molecule has 120 valence electrons. The first-order valence-corrected chi connectivity index (χ1v) is 9.94. The Morgan fingerprint density at radius 1 is 1.19 bits per heavy atom. The number of nitrogen functional groups attached to an aromatic ring is 1. The van der Waals surface area contributed by atoms with Gasteiger partial charge in [0, 0.05) is 41.1 Å². The van der Waals surface area contributed by atoms with Crippen LogP contribution >= 0.6 is 33.0 Å². The fourth-order valence-electron chi connectivity index (χ4n) is 0.939. The smallest absolute Gasteiger partial charge is 0.317 e. The number of hydrogen-bond acceptors (Lipinski definition) is 5. The molecule has 21 heavy (non-hydrogen) atoms. The molecule has 0 saturated heterocycles. The minimum atomic E-state index is -3.76. The number of benzene rings is 1.